The first-order valence-electron chi connectivity index (χ1n) is 12.7. The Morgan fingerprint density at radius 1 is 1.00 bits per heavy atom. The van der Waals surface area contributed by atoms with E-state index in [1.54, 1.807) is 14.2 Å². The summed E-state index contributed by atoms with van der Waals surface area (Å²) in [6, 6.07) is 27.5. The van der Waals surface area contributed by atoms with Crippen molar-refractivity contribution in [2.45, 2.75) is 31.0 Å². The molecule has 0 aliphatic carbocycles. The van der Waals surface area contributed by atoms with Gasteiger partial charge in [-0.25, -0.2) is 0 Å². The Morgan fingerprint density at radius 3 is 2.25 bits per heavy atom. The van der Waals surface area contributed by atoms with Gasteiger partial charge in [-0.1, -0.05) is 60.7 Å². The first kappa shape index (κ1) is 24.3. The minimum Gasteiger partial charge on any atom is -0.497 e. The number of carbonyl (C=O) groups excluding carboxylic acids is 1. The molecule has 3 fully saturated rings. The number of carbonyl (C=O) groups is 1. The predicted molar refractivity (Wildman–Crippen MR) is 141 cm³/mol. The molecule has 36 heavy (non-hydrogen) atoms. The van der Waals surface area contributed by atoms with E-state index in [0.29, 0.717) is 13.1 Å². The summed E-state index contributed by atoms with van der Waals surface area (Å²) < 4.78 is 11.1. The molecule has 3 saturated heterocycles. The van der Waals surface area contributed by atoms with Gasteiger partial charge in [0, 0.05) is 36.7 Å². The summed E-state index contributed by atoms with van der Waals surface area (Å²) in [4.78, 5) is 15.0. The molecule has 0 radical (unpaired) electrons. The number of rotatable bonds is 9. The minimum absolute atomic E-state index is 0.0753. The van der Waals surface area contributed by atoms with Gasteiger partial charge in [-0.2, -0.15) is 0 Å². The highest BCUT2D eigenvalue weighted by Gasteiger charge is 2.51. The number of nitrogens with one attached hydrogen (secondary N) is 1. The number of nitrogens with two attached hydrogens (primary N) is 1. The first-order chi connectivity index (χ1) is 17.6. The smallest absolute Gasteiger partial charge is 0.222 e. The van der Waals surface area contributed by atoms with Crippen molar-refractivity contribution in [3.63, 3.8) is 0 Å². The Balaban J connectivity index is 1.54. The van der Waals surface area contributed by atoms with Crippen LogP contribution in [-0.2, 0) is 11.3 Å². The number of hydrogen-bond acceptors (Lipinski definition) is 5. The third kappa shape index (κ3) is 4.71. The summed E-state index contributed by atoms with van der Waals surface area (Å²) in [6.45, 7) is 2.28. The summed E-state index contributed by atoms with van der Waals surface area (Å²) in [5.74, 6) is 1.57. The van der Waals surface area contributed by atoms with Gasteiger partial charge in [0.2, 0.25) is 5.91 Å². The fourth-order valence-corrected chi connectivity index (χ4v) is 6.32. The first-order valence-corrected chi connectivity index (χ1v) is 12.7. The van der Waals surface area contributed by atoms with Crippen LogP contribution in [0.15, 0.2) is 78.9 Å². The average Bonchev–Trinajstić information content (AvgIpc) is 2.93. The zero-order valence-corrected chi connectivity index (χ0v) is 21.0. The van der Waals surface area contributed by atoms with E-state index in [0.717, 1.165) is 30.0 Å². The Kier molecular flexibility index (Phi) is 7.25. The van der Waals surface area contributed by atoms with Crippen LogP contribution in [0.5, 0.6) is 11.5 Å². The quantitative estimate of drug-likeness (QED) is 0.482. The van der Waals surface area contributed by atoms with Gasteiger partial charge in [0.05, 0.1) is 20.1 Å². The molecular formula is C30H35N3O3. The number of hydrogen-bond donors (Lipinski definition) is 2. The van der Waals surface area contributed by atoms with Crippen molar-refractivity contribution in [2.24, 2.45) is 17.6 Å². The standard InChI is InChI=1S/C30H35N3O3/c1-35-23-13-14-26(36-2)22(17-23)18-32-28-24-15-16-33(19-25(24)30(31)34)29(28)27(20-9-5-3-6-10-20)21-11-7-4-8-12-21/h3-14,17,24-25,27-29,32H,15-16,18-19H2,1-2H3,(H2,31,34)/t24-,25-,28-,29+/m0/s1. The van der Waals surface area contributed by atoms with Gasteiger partial charge < -0.3 is 20.5 Å². The van der Waals surface area contributed by atoms with Crippen LogP contribution >= 0.6 is 0 Å². The second-order valence-corrected chi connectivity index (χ2v) is 9.83. The fourth-order valence-electron chi connectivity index (χ4n) is 6.32. The number of fused-ring (bicyclic) bond motifs is 3. The number of piperidine rings is 3. The van der Waals surface area contributed by atoms with E-state index in [4.69, 9.17) is 15.2 Å². The maximum absolute atomic E-state index is 12.5. The molecule has 6 rings (SSSR count). The van der Waals surface area contributed by atoms with E-state index in [1.807, 2.05) is 18.2 Å². The zero-order chi connectivity index (χ0) is 25.1. The summed E-state index contributed by atoms with van der Waals surface area (Å²) in [7, 11) is 3.36. The van der Waals surface area contributed by atoms with Gasteiger partial charge in [-0.05, 0) is 48.2 Å². The Morgan fingerprint density at radius 2 is 1.67 bits per heavy atom. The molecular weight excluding hydrogens is 450 g/mol. The summed E-state index contributed by atoms with van der Waals surface area (Å²) in [5, 5.41) is 3.87. The molecule has 3 N–H and O–H groups in total. The molecule has 3 heterocycles. The zero-order valence-electron chi connectivity index (χ0n) is 21.0. The molecule has 188 valence electrons. The number of nitrogens with zero attached hydrogens (tertiary/aromatic N) is 1. The van der Waals surface area contributed by atoms with E-state index < -0.39 is 0 Å². The lowest BCUT2D eigenvalue weighted by atomic mass is 9.66. The number of methoxy groups -OCH3 is 2. The van der Waals surface area contributed by atoms with Crippen LogP contribution < -0.4 is 20.5 Å². The van der Waals surface area contributed by atoms with E-state index in [-0.39, 0.29) is 35.7 Å². The molecule has 3 aromatic carbocycles. The number of ether oxygens (including phenoxy) is 2. The molecule has 3 aromatic rings. The van der Waals surface area contributed by atoms with Crippen molar-refractivity contribution in [1.82, 2.24) is 10.2 Å². The largest absolute Gasteiger partial charge is 0.497 e. The van der Waals surface area contributed by atoms with Crippen LogP contribution in [0, 0.1) is 11.8 Å². The molecule has 0 saturated carbocycles. The van der Waals surface area contributed by atoms with E-state index in [9.17, 15) is 4.79 Å². The van der Waals surface area contributed by atoms with Crippen molar-refractivity contribution >= 4 is 5.91 Å². The van der Waals surface area contributed by atoms with Crippen LogP contribution in [-0.4, -0.2) is 50.2 Å². The highest BCUT2D eigenvalue weighted by Crippen LogP contribution is 2.44. The molecule has 0 spiro atoms. The monoisotopic (exact) mass is 485 g/mol. The van der Waals surface area contributed by atoms with Gasteiger partial charge >= 0.3 is 0 Å². The van der Waals surface area contributed by atoms with Crippen molar-refractivity contribution in [3.05, 3.63) is 95.6 Å². The van der Waals surface area contributed by atoms with E-state index in [1.165, 1.54) is 11.1 Å². The Labute approximate surface area is 213 Å². The van der Waals surface area contributed by atoms with Gasteiger partial charge in [0.25, 0.3) is 0 Å². The molecule has 6 nitrogen and oxygen atoms in total. The molecule has 3 aliphatic rings. The van der Waals surface area contributed by atoms with Gasteiger partial charge in [0.15, 0.2) is 0 Å². The van der Waals surface area contributed by atoms with Gasteiger partial charge in [-0.3, -0.25) is 9.69 Å². The highest BCUT2D eigenvalue weighted by atomic mass is 16.5. The Hall–Kier alpha value is -3.35. The maximum Gasteiger partial charge on any atom is 0.222 e. The molecule has 1 unspecified atom stereocenters. The van der Waals surface area contributed by atoms with Crippen LogP contribution in [0.3, 0.4) is 0 Å². The highest BCUT2D eigenvalue weighted by molar-refractivity contribution is 5.77. The second-order valence-electron chi connectivity index (χ2n) is 9.83. The molecule has 5 atom stereocenters. The van der Waals surface area contributed by atoms with Crippen LogP contribution in [0.25, 0.3) is 0 Å². The summed E-state index contributed by atoms with van der Waals surface area (Å²) in [5.41, 5.74) is 9.51. The molecule has 0 aromatic heterocycles. The number of benzene rings is 3. The SMILES string of the molecule is COc1ccc(OC)c(CN[C@H]2[C@H]3CCN(C[C@@H]3C(N)=O)[C@@H]2C(c2ccccc2)c2ccccc2)c1. The average molecular weight is 486 g/mol. The van der Waals surface area contributed by atoms with Crippen molar-refractivity contribution in [1.29, 1.82) is 0 Å². The lowest BCUT2D eigenvalue weighted by molar-refractivity contribution is -0.132. The van der Waals surface area contributed by atoms with E-state index in [2.05, 4.69) is 70.9 Å². The molecule has 3 aliphatic heterocycles. The molecule has 2 bridgehead atoms. The second kappa shape index (κ2) is 10.7. The van der Waals surface area contributed by atoms with E-state index >= 15 is 0 Å². The topological polar surface area (TPSA) is 76.8 Å². The third-order valence-corrected chi connectivity index (χ3v) is 7.99. The van der Waals surface area contributed by atoms with Crippen molar-refractivity contribution in [2.75, 3.05) is 27.3 Å². The van der Waals surface area contributed by atoms with Crippen LogP contribution in [0.1, 0.15) is 29.0 Å². The summed E-state index contributed by atoms with van der Waals surface area (Å²) in [6.07, 6.45) is 0.952. The van der Waals surface area contributed by atoms with Crippen molar-refractivity contribution < 1.29 is 14.3 Å². The minimum atomic E-state index is -0.204. The Bertz CT molecular complexity index is 1130. The lowest BCUT2D eigenvalue weighted by Crippen LogP contribution is -2.68. The number of primary amides is 1. The van der Waals surface area contributed by atoms with Crippen LogP contribution in [0.4, 0.5) is 0 Å². The lowest BCUT2D eigenvalue weighted by Gasteiger charge is -2.56. The predicted octanol–water partition coefficient (Wildman–Crippen LogP) is 3.80. The molecule has 6 heteroatoms. The normalized spacial score (nSPS) is 25.0. The van der Waals surface area contributed by atoms with Gasteiger partial charge in [-0.15, -0.1) is 0 Å². The fraction of sp³-hybridized carbons (Fsp3) is 0.367. The van der Waals surface area contributed by atoms with Gasteiger partial charge in [0.1, 0.15) is 11.5 Å². The molecule has 1 amide bonds. The number of amides is 1. The third-order valence-electron chi connectivity index (χ3n) is 7.99. The van der Waals surface area contributed by atoms with Crippen LogP contribution in [0.2, 0.25) is 0 Å². The maximum atomic E-state index is 12.5. The van der Waals surface area contributed by atoms with Crippen molar-refractivity contribution in [3.8, 4) is 11.5 Å². The summed E-state index contributed by atoms with van der Waals surface area (Å²) >= 11 is 0.